The highest BCUT2D eigenvalue weighted by atomic mass is 32.2. The number of amides is 4. The van der Waals surface area contributed by atoms with Crippen molar-refractivity contribution in [2.24, 2.45) is 5.92 Å². The third kappa shape index (κ3) is 4.31. The summed E-state index contributed by atoms with van der Waals surface area (Å²) in [6, 6.07) is 16.0. The van der Waals surface area contributed by atoms with Crippen LogP contribution in [0.4, 0.5) is 10.8 Å². The molecule has 2 aromatic carbocycles. The number of carbonyl (C=O) groups is 4. The Morgan fingerprint density at radius 2 is 1.68 bits per heavy atom. The van der Waals surface area contributed by atoms with Crippen molar-refractivity contribution in [3.05, 3.63) is 65.7 Å². The molecule has 9 nitrogen and oxygen atoms in total. The van der Waals surface area contributed by atoms with Gasteiger partial charge in [-0.1, -0.05) is 53.4 Å². The molecule has 0 bridgehead atoms. The van der Waals surface area contributed by atoms with E-state index in [1.165, 1.54) is 28.0 Å². The van der Waals surface area contributed by atoms with Crippen LogP contribution < -0.4 is 10.2 Å². The van der Waals surface area contributed by atoms with E-state index in [0.29, 0.717) is 32.9 Å². The molecule has 1 atom stereocenters. The minimum absolute atomic E-state index is 0.0898. The van der Waals surface area contributed by atoms with Crippen molar-refractivity contribution in [1.82, 2.24) is 15.1 Å². The van der Waals surface area contributed by atoms with Crippen molar-refractivity contribution in [1.29, 1.82) is 0 Å². The Bertz CT molecular complexity index is 1240. The first-order chi connectivity index (χ1) is 16.5. The zero-order valence-corrected chi connectivity index (χ0v) is 19.5. The van der Waals surface area contributed by atoms with E-state index in [1.807, 2.05) is 30.3 Å². The molecule has 11 heteroatoms. The van der Waals surface area contributed by atoms with Gasteiger partial charge >= 0.3 is 0 Å². The summed E-state index contributed by atoms with van der Waals surface area (Å²) in [7, 11) is 0. The summed E-state index contributed by atoms with van der Waals surface area (Å²) in [5, 5.41) is 11.2. The molecule has 0 saturated carbocycles. The quantitative estimate of drug-likeness (QED) is 0.306. The van der Waals surface area contributed by atoms with Crippen LogP contribution in [0, 0.1) is 5.92 Å². The van der Waals surface area contributed by atoms with Crippen LogP contribution in [-0.2, 0) is 9.59 Å². The molecule has 0 unspecified atom stereocenters. The average molecular weight is 494 g/mol. The molecular formula is C23H19N5O4S2. The lowest BCUT2D eigenvalue weighted by Crippen LogP contribution is -2.31. The molecule has 4 amide bonds. The molecule has 2 aliphatic rings. The van der Waals surface area contributed by atoms with Crippen molar-refractivity contribution in [2.45, 2.75) is 10.8 Å². The number of anilines is 2. The Kier molecular flexibility index (Phi) is 6.12. The lowest BCUT2D eigenvalue weighted by molar-refractivity contribution is -0.122. The zero-order valence-electron chi connectivity index (χ0n) is 17.8. The maximum Gasteiger partial charge on any atom is 0.261 e. The first kappa shape index (κ1) is 22.2. The second kappa shape index (κ2) is 9.35. The minimum atomic E-state index is -0.471. The summed E-state index contributed by atoms with van der Waals surface area (Å²) in [6.07, 6.45) is 0.140. The van der Waals surface area contributed by atoms with Gasteiger partial charge in [-0.2, -0.15) is 0 Å². The lowest BCUT2D eigenvalue weighted by atomic mass is 10.1. The number of thioether (sulfide) groups is 1. The molecule has 0 radical (unpaired) electrons. The number of nitrogens with one attached hydrogen (secondary N) is 1. The predicted molar refractivity (Wildman–Crippen MR) is 128 cm³/mol. The Labute approximate surface area is 203 Å². The number of benzene rings is 2. The molecule has 34 heavy (non-hydrogen) atoms. The lowest BCUT2D eigenvalue weighted by Gasteiger charge is -2.16. The van der Waals surface area contributed by atoms with Crippen molar-refractivity contribution >= 4 is 57.5 Å². The first-order valence-electron chi connectivity index (χ1n) is 10.6. The molecule has 172 valence electrons. The van der Waals surface area contributed by atoms with Crippen LogP contribution in [0.15, 0.2) is 58.9 Å². The van der Waals surface area contributed by atoms with Crippen molar-refractivity contribution in [3.63, 3.8) is 0 Å². The minimum Gasteiger partial charge on any atom is -0.312 e. The van der Waals surface area contributed by atoms with Crippen LogP contribution in [0.3, 0.4) is 0 Å². The van der Waals surface area contributed by atoms with Gasteiger partial charge in [0.25, 0.3) is 11.8 Å². The number of nitrogens with zero attached hydrogens (tertiary/aromatic N) is 4. The maximum absolute atomic E-state index is 12.7. The summed E-state index contributed by atoms with van der Waals surface area (Å²) in [5.74, 6) is -0.957. The van der Waals surface area contributed by atoms with Crippen molar-refractivity contribution in [3.8, 4) is 0 Å². The van der Waals surface area contributed by atoms with Crippen LogP contribution in [0.1, 0.15) is 27.1 Å². The van der Waals surface area contributed by atoms with Crippen LogP contribution >= 0.6 is 23.1 Å². The monoisotopic (exact) mass is 493 g/mol. The normalized spacial score (nSPS) is 17.4. The van der Waals surface area contributed by atoms with E-state index in [1.54, 1.807) is 29.2 Å². The van der Waals surface area contributed by atoms with Crippen LogP contribution in [-0.4, -0.2) is 57.6 Å². The SMILES string of the molecule is O=C(Nc1nnc(SCCN2C(=O)c3ccccc3C2=O)s1)[C@H]1CC(=O)N(c2ccccc2)C1. The average Bonchev–Trinajstić information content (AvgIpc) is 3.53. The largest absolute Gasteiger partial charge is 0.312 e. The number of hydrogen-bond acceptors (Lipinski definition) is 8. The van der Waals surface area contributed by atoms with Gasteiger partial charge in [0, 0.05) is 31.0 Å². The number of hydrogen-bond donors (Lipinski definition) is 1. The summed E-state index contributed by atoms with van der Waals surface area (Å²) in [4.78, 5) is 52.7. The van der Waals surface area contributed by atoms with Gasteiger partial charge < -0.3 is 10.2 Å². The van der Waals surface area contributed by atoms with Gasteiger partial charge in [0.1, 0.15) is 0 Å². The van der Waals surface area contributed by atoms with Crippen LogP contribution in [0.5, 0.6) is 0 Å². The summed E-state index contributed by atoms with van der Waals surface area (Å²) < 4.78 is 0.611. The Morgan fingerprint density at radius 1 is 1.00 bits per heavy atom. The Morgan fingerprint density at radius 3 is 2.38 bits per heavy atom. The molecule has 1 saturated heterocycles. The molecule has 5 rings (SSSR count). The summed E-state index contributed by atoms with van der Waals surface area (Å²) >= 11 is 2.56. The maximum atomic E-state index is 12.7. The van der Waals surface area contributed by atoms with E-state index in [4.69, 9.17) is 0 Å². The number of aromatic nitrogens is 2. The zero-order chi connectivity index (χ0) is 23.7. The third-order valence-electron chi connectivity index (χ3n) is 5.62. The number of imide groups is 1. The molecule has 1 aromatic heterocycles. The van der Waals surface area contributed by atoms with Gasteiger partial charge in [0.05, 0.1) is 17.0 Å². The van der Waals surface area contributed by atoms with Gasteiger partial charge in [-0.25, -0.2) is 0 Å². The highest BCUT2D eigenvalue weighted by Crippen LogP contribution is 2.29. The number of rotatable bonds is 7. The molecule has 0 aliphatic carbocycles. The van der Waals surface area contributed by atoms with E-state index >= 15 is 0 Å². The number of carbonyl (C=O) groups excluding carboxylic acids is 4. The molecule has 1 N–H and O–H groups in total. The van der Waals surface area contributed by atoms with E-state index in [-0.39, 0.29) is 36.6 Å². The first-order valence-corrected chi connectivity index (χ1v) is 12.4. The summed E-state index contributed by atoms with van der Waals surface area (Å²) in [5.41, 5.74) is 1.62. The number of fused-ring (bicyclic) bond motifs is 1. The molecule has 1 fully saturated rings. The second-order valence-corrected chi connectivity index (χ2v) is 10.1. The van der Waals surface area contributed by atoms with E-state index in [2.05, 4.69) is 15.5 Å². The van der Waals surface area contributed by atoms with Gasteiger partial charge in [0.2, 0.25) is 16.9 Å². The van der Waals surface area contributed by atoms with Gasteiger partial charge in [-0.05, 0) is 24.3 Å². The van der Waals surface area contributed by atoms with Gasteiger partial charge in [0.15, 0.2) is 4.34 Å². The summed E-state index contributed by atoms with van der Waals surface area (Å²) in [6.45, 7) is 0.563. The Balaban J connectivity index is 1.13. The molecule has 3 aromatic rings. The standard InChI is InChI=1S/C23H19N5O4S2/c29-18-12-14(13-28(18)15-6-2-1-3-7-15)19(30)24-22-25-26-23(34-22)33-11-10-27-20(31)16-8-4-5-9-17(16)21(27)32/h1-9,14H,10-13H2,(H,24,25,30)/t14-/m0/s1. The topological polar surface area (TPSA) is 113 Å². The van der Waals surface area contributed by atoms with Crippen molar-refractivity contribution < 1.29 is 19.2 Å². The fourth-order valence-electron chi connectivity index (χ4n) is 3.93. The smallest absolute Gasteiger partial charge is 0.261 e. The van der Waals surface area contributed by atoms with Crippen LogP contribution in [0.25, 0.3) is 0 Å². The fourth-order valence-corrected chi connectivity index (χ4v) is 5.68. The molecule has 0 spiro atoms. The van der Waals surface area contributed by atoms with E-state index in [9.17, 15) is 19.2 Å². The van der Waals surface area contributed by atoms with Crippen LogP contribution in [0.2, 0.25) is 0 Å². The second-order valence-electron chi connectivity index (χ2n) is 7.76. The predicted octanol–water partition coefficient (Wildman–Crippen LogP) is 2.92. The highest BCUT2D eigenvalue weighted by Gasteiger charge is 2.36. The number of para-hydroxylation sites is 1. The highest BCUT2D eigenvalue weighted by molar-refractivity contribution is 8.01. The third-order valence-corrected chi connectivity index (χ3v) is 7.57. The van der Waals surface area contributed by atoms with Gasteiger partial charge in [-0.3, -0.25) is 24.1 Å². The fraction of sp³-hybridized carbons (Fsp3) is 0.217. The van der Waals surface area contributed by atoms with Gasteiger partial charge in [-0.15, -0.1) is 10.2 Å². The van der Waals surface area contributed by atoms with E-state index in [0.717, 1.165) is 5.69 Å². The Hall–Kier alpha value is -3.57. The van der Waals surface area contributed by atoms with E-state index < -0.39 is 5.92 Å². The molecule has 2 aliphatic heterocycles. The molecular weight excluding hydrogens is 474 g/mol. The molecule has 3 heterocycles. The van der Waals surface area contributed by atoms with Crippen molar-refractivity contribution in [2.75, 3.05) is 29.1 Å².